The second kappa shape index (κ2) is 5.65. The van der Waals surface area contributed by atoms with Crippen LogP contribution in [0.4, 0.5) is 0 Å². The van der Waals surface area contributed by atoms with E-state index in [0.717, 1.165) is 17.1 Å². The molecule has 0 spiro atoms. The zero-order valence-electron chi connectivity index (χ0n) is 10.3. The minimum Gasteiger partial charge on any atom is -0.493 e. The minimum absolute atomic E-state index is 0.0855. The quantitative estimate of drug-likeness (QED) is 0.896. The fourth-order valence-corrected chi connectivity index (χ4v) is 3.49. The summed E-state index contributed by atoms with van der Waals surface area (Å²) >= 11 is 1.97. The van der Waals surface area contributed by atoms with E-state index >= 15 is 0 Å². The van der Waals surface area contributed by atoms with Crippen molar-refractivity contribution in [1.82, 2.24) is 0 Å². The summed E-state index contributed by atoms with van der Waals surface area (Å²) in [5, 5.41) is 0.535. The van der Waals surface area contributed by atoms with Crippen LogP contribution < -0.4 is 15.2 Å². The highest BCUT2D eigenvalue weighted by Crippen LogP contribution is 2.37. The van der Waals surface area contributed by atoms with Gasteiger partial charge in [0.1, 0.15) is 0 Å². The maximum Gasteiger partial charge on any atom is 0.161 e. The largest absolute Gasteiger partial charge is 0.493 e. The van der Waals surface area contributed by atoms with Gasteiger partial charge in [0.25, 0.3) is 0 Å². The lowest BCUT2D eigenvalue weighted by Gasteiger charge is -2.19. The molecule has 94 valence electrons. The molecule has 3 nitrogen and oxygen atoms in total. The molecule has 0 aromatic heterocycles. The molecule has 2 N–H and O–H groups in total. The number of rotatable bonds is 4. The van der Waals surface area contributed by atoms with Crippen LogP contribution >= 0.6 is 11.8 Å². The third kappa shape index (κ3) is 2.69. The van der Waals surface area contributed by atoms with Crippen LogP contribution in [0.3, 0.4) is 0 Å². The topological polar surface area (TPSA) is 44.5 Å². The van der Waals surface area contributed by atoms with Gasteiger partial charge in [-0.25, -0.2) is 0 Å². The monoisotopic (exact) mass is 253 g/mol. The summed E-state index contributed by atoms with van der Waals surface area (Å²) in [7, 11) is 3.29. The van der Waals surface area contributed by atoms with Gasteiger partial charge in [0.2, 0.25) is 0 Å². The lowest BCUT2D eigenvalue weighted by molar-refractivity contribution is 0.354. The number of nitrogens with two attached hydrogens (primary N) is 1. The van der Waals surface area contributed by atoms with Crippen LogP contribution in [0.2, 0.25) is 0 Å². The van der Waals surface area contributed by atoms with Crippen molar-refractivity contribution in [3.8, 4) is 11.5 Å². The normalized spacial score (nSPS) is 21.2. The maximum atomic E-state index is 6.30. The van der Waals surface area contributed by atoms with Gasteiger partial charge in [-0.1, -0.05) is 6.07 Å². The highest BCUT2D eigenvalue weighted by Gasteiger charge is 2.24. The van der Waals surface area contributed by atoms with Crippen molar-refractivity contribution in [1.29, 1.82) is 0 Å². The van der Waals surface area contributed by atoms with E-state index in [1.165, 1.54) is 18.6 Å². The van der Waals surface area contributed by atoms with Crippen LogP contribution in [0, 0.1) is 0 Å². The molecule has 4 heteroatoms. The molecule has 2 rings (SSSR count). The lowest BCUT2D eigenvalue weighted by atomic mass is 10.0. The molecule has 0 saturated carbocycles. The molecule has 1 saturated heterocycles. The molecule has 2 atom stereocenters. The molecule has 1 aromatic carbocycles. The van der Waals surface area contributed by atoms with Crippen molar-refractivity contribution >= 4 is 11.8 Å². The van der Waals surface area contributed by atoms with Crippen LogP contribution in [0.5, 0.6) is 11.5 Å². The van der Waals surface area contributed by atoms with Gasteiger partial charge in [-0.05, 0) is 36.3 Å². The van der Waals surface area contributed by atoms with Crippen molar-refractivity contribution < 1.29 is 9.47 Å². The van der Waals surface area contributed by atoms with E-state index < -0.39 is 0 Å². The zero-order chi connectivity index (χ0) is 12.3. The predicted octanol–water partition coefficient (Wildman–Crippen LogP) is 2.60. The Bertz CT molecular complexity index is 378. The Morgan fingerprint density at radius 3 is 2.65 bits per heavy atom. The summed E-state index contributed by atoms with van der Waals surface area (Å²) in [5.74, 6) is 2.73. The summed E-state index contributed by atoms with van der Waals surface area (Å²) in [5.41, 5.74) is 7.43. The number of methoxy groups -OCH3 is 2. The van der Waals surface area contributed by atoms with Gasteiger partial charge in [0, 0.05) is 11.3 Å². The van der Waals surface area contributed by atoms with Crippen LogP contribution in [0.15, 0.2) is 18.2 Å². The van der Waals surface area contributed by atoms with E-state index in [1.54, 1.807) is 14.2 Å². The summed E-state index contributed by atoms with van der Waals surface area (Å²) < 4.78 is 10.5. The van der Waals surface area contributed by atoms with Crippen LogP contribution in [0.25, 0.3) is 0 Å². The average molecular weight is 253 g/mol. The first-order valence-corrected chi connectivity index (χ1v) is 6.90. The fourth-order valence-electron chi connectivity index (χ4n) is 2.16. The summed E-state index contributed by atoms with van der Waals surface area (Å²) in [6, 6.07) is 6.03. The molecule has 0 amide bonds. The van der Waals surface area contributed by atoms with Crippen molar-refractivity contribution in [2.24, 2.45) is 5.73 Å². The molecule has 0 radical (unpaired) electrons. The summed E-state index contributed by atoms with van der Waals surface area (Å²) in [6.45, 7) is 0. The van der Waals surface area contributed by atoms with Crippen LogP contribution in [-0.2, 0) is 0 Å². The number of benzene rings is 1. The van der Waals surface area contributed by atoms with Gasteiger partial charge < -0.3 is 15.2 Å². The fraction of sp³-hybridized carbons (Fsp3) is 0.538. The molecule has 1 heterocycles. The molecule has 0 bridgehead atoms. The highest BCUT2D eigenvalue weighted by molar-refractivity contribution is 8.00. The number of hydrogen-bond acceptors (Lipinski definition) is 4. The second-order valence-electron chi connectivity index (χ2n) is 4.19. The second-order valence-corrected chi connectivity index (χ2v) is 5.54. The smallest absolute Gasteiger partial charge is 0.161 e. The molecule has 17 heavy (non-hydrogen) atoms. The molecule has 2 unspecified atom stereocenters. The van der Waals surface area contributed by atoms with Gasteiger partial charge in [0.05, 0.1) is 14.2 Å². The Labute approximate surface area is 107 Å². The third-order valence-electron chi connectivity index (χ3n) is 3.16. The lowest BCUT2D eigenvalue weighted by Crippen LogP contribution is -2.21. The van der Waals surface area contributed by atoms with E-state index in [1.807, 2.05) is 30.0 Å². The Morgan fingerprint density at radius 1 is 1.29 bits per heavy atom. The minimum atomic E-state index is 0.0855. The van der Waals surface area contributed by atoms with Crippen LogP contribution in [-0.4, -0.2) is 25.2 Å². The van der Waals surface area contributed by atoms with Gasteiger partial charge in [-0.15, -0.1) is 0 Å². The van der Waals surface area contributed by atoms with Gasteiger partial charge >= 0.3 is 0 Å². The first-order valence-electron chi connectivity index (χ1n) is 5.85. The van der Waals surface area contributed by atoms with Gasteiger partial charge in [0.15, 0.2) is 11.5 Å². The highest BCUT2D eigenvalue weighted by atomic mass is 32.2. The Hall–Kier alpha value is -0.870. The van der Waals surface area contributed by atoms with Crippen molar-refractivity contribution in [2.45, 2.75) is 24.1 Å². The maximum absolute atomic E-state index is 6.30. The number of ether oxygens (including phenoxy) is 2. The zero-order valence-corrected chi connectivity index (χ0v) is 11.1. The van der Waals surface area contributed by atoms with E-state index in [0.29, 0.717) is 5.25 Å². The number of hydrogen-bond donors (Lipinski definition) is 1. The van der Waals surface area contributed by atoms with Gasteiger partial charge in [-0.2, -0.15) is 11.8 Å². The van der Waals surface area contributed by atoms with Crippen molar-refractivity contribution in [3.05, 3.63) is 23.8 Å². The van der Waals surface area contributed by atoms with Crippen molar-refractivity contribution in [2.75, 3.05) is 20.0 Å². The molecule has 0 aliphatic carbocycles. The molecule has 1 fully saturated rings. The Kier molecular flexibility index (Phi) is 4.18. The van der Waals surface area contributed by atoms with E-state index in [-0.39, 0.29) is 6.04 Å². The SMILES string of the molecule is COc1ccc(C(N)C2CCCS2)cc1OC. The summed E-state index contributed by atoms with van der Waals surface area (Å²) in [6.07, 6.45) is 2.48. The number of thioether (sulfide) groups is 1. The molecular weight excluding hydrogens is 234 g/mol. The first kappa shape index (κ1) is 12.6. The standard InChI is InChI=1S/C13H19NO2S/c1-15-10-6-5-9(8-11(10)16-2)13(14)12-4-3-7-17-12/h5-6,8,12-13H,3-4,7,14H2,1-2H3. The Morgan fingerprint density at radius 2 is 2.06 bits per heavy atom. The average Bonchev–Trinajstić information content (AvgIpc) is 2.90. The molecule has 1 aliphatic heterocycles. The van der Waals surface area contributed by atoms with Crippen molar-refractivity contribution in [3.63, 3.8) is 0 Å². The molecular formula is C13H19NO2S. The molecule has 1 aliphatic rings. The van der Waals surface area contributed by atoms with E-state index in [4.69, 9.17) is 15.2 Å². The molecule has 1 aromatic rings. The first-order chi connectivity index (χ1) is 8.26. The van der Waals surface area contributed by atoms with E-state index in [2.05, 4.69) is 0 Å². The van der Waals surface area contributed by atoms with Gasteiger partial charge in [-0.3, -0.25) is 0 Å². The van der Waals surface area contributed by atoms with Crippen LogP contribution in [0.1, 0.15) is 24.4 Å². The summed E-state index contributed by atoms with van der Waals surface area (Å²) in [4.78, 5) is 0. The van der Waals surface area contributed by atoms with E-state index in [9.17, 15) is 0 Å². The Balaban J connectivity index is 2.20. The predicted molar refractivity (Wildman–Crippen MR) is 72.0 cm³/mol. The third-order valence-corrected chi connectivity index (χ3v) is 4.64.